The molecule has 206 valence electrons. The van der Waals surface area contributed by atoms with Gasteiger partial charge in [0.1, 0.15) is 17.7 Å². The third-order valence-corrected chi connectivity index (χ3v) is 6.10. The van der Waals surface area contributed by atoms with Crippen molar-refractivity contribution in [3.63, 3.8) is 0 Å². The smallest absolute Gasteiger partial charge is 0.408 e. The van der Waals surface area contributed by atoms with Crippen molar-refractivity contribution in [2.75, 3.05) is 0 Å². The second kappa shape index (κ2) is 11.5. The number of carbonyl (C=O) groups is 4. The van der Waals surface area contributed by atoms with Gasteiger partial charge >= 0.3 is 6.09 Å². The lowest BCUT2D eigenvalue weighted by atomic mass is 9.94. The summed E-state index contributed by atoms with van der Waals surface area (Å²) in [6.45, 7) is 16.7. The Kier molecular flexibility index (Phi) is 9.38. The highest BCUT2D eigenvalue weighted by atomic mass is 16.6. The number of ether oxygens (including phenoxy) is 1. The first-order valence-corrected chi connectivity index (χ1v) is 12.9. The maximum Gasteiger partial charge on any atom is 0.408 e. The summed E-state index contributed by atoms with van der Waals surface area (Å²) in [5.74, 6) is -1.17. The van der Waals surface area contributed by atoms with Gasteiger partial charge in [-0.05, 0) is 85.3 Å². The van der Waals surface area contributed by atoms with Gasteiger partial charge in [0.25, 0.3) is 0 Å². The molecule has 1 saturated carbocycles. The lowest BCUT2D eigenvalue weighted by molar-refractivity contribution is -0.144. The fraction of sp³-hybridized carbons (Fsp3) is 0.643. The number of rotatable bonds is 9. The highest BCUT2D eigenvalue weighted by molar-refractivity contribution is 5.93. The van der Waals surface area contributed by atoms with Gasteiger partial charge in [-0.2, -0.15) is 0 Å². The molecule has 0 aliphatic heterocycles. The number of amides is 4. The summed E-state index contributed by atoms with van der Waals surface area (Å²) >= 11 is 0. The van der Waals surface area contributed by atoms with E-state index < -0.39 is 41.1 Å². The largest absolute Gasteiger partial charge is 0.444 e. The lowest BCUT2D eigenvalue weighted by Crippen LogP contribution is -2.55. The van der Waals surface area contributed by atoms with Crippen LogP contribution in [0.3, 0.4) is 0 Å². The zero-order valence-electron chi connectivity index (χ0n) is 23.7. The molecule has 4 unspecified atom stereocenters. The second-order valence-corrected chi connectivity index (χ2v) is 12.2. The van der Waals surface area contributed by atoms with E-state index in [0.29, 0.717) is 0 Å². The zero-order chi connectivity index (χ0) is 28.3. The van der Waals surface area contributed by atoms with Crippen molar-refractivity contribution >= 4 is 23.8 Å². The maximum atomic E-state index is 14.2. The third kappa shape index (κ3) is 9.05. The van der Waals surface area contributed by atoms with Crippen molar-refractivity contribution in [1.29, 1.82) is 0 Å². The SMILES string of the molecule is Cc1ccc(C)c(C(C(=O)NC(C)(C)C)N(C(=O)C(CCC(N)=O)NC(=O)OC(C)(C)C)C2CC2C)c1. The van der Waals surface area contributed by atoms with E-state index in [1.807, 2.05) is 59.7 Å². The quantitative estimate of drug-likeness (QED) is 0.461. The predicted molar refractivity (Wildman–Crippen MR) is 143 cm³/mol. The number of nitrogens with one attached hydrogen (secondary N) is 2. The first kappa shape index (κ1) is 30.1. The van der Waals surface area contributed by atoms with Gasteiger partial charge in [0.15, 0.2) is 0 Å². The third-order valence-electron chi connectivity index (χ3n) is 6.10. The van der Waals surface area contributed by atoms with Crippen LogP contribution in [0, 0.1) is 19.8 Å². The van der Waals surface area contributed by atoms with E-state index >= 15 is 0 Å². The summed E-state index contributed by atoms with van der Waals surface area (Å²) in [7, 11) is 0. The maximum absolute atomic E-state index is 14.2. The Morgan fingerprint density at radius 3 is 2.19 bits per heavy atom. The summed E-state index contributed by atoms with van der Waals surface area (Å²) in [6.07, 6.45) is -0.166. The Hall–Kier alpha value is -3.10. The van der Waals surface area contributed by atoms with Crippen molar-refractivity contribution < 1.29 is 23.9 Å². The Morgan fingerprint density at radius 1 is 1.11 bits per heavy atom. The molecule has 9 heteroatoms. The first-order valence-electron chi connectivity index (χ1n) is 12.9. The normalized spacial score (nSPS) is 18.8. The van der Waals surface area contributed by atoms with Crippen LogP contribution in [-0.2, 0) is 19.1 Å². The average molecular weight is 517 g/mol. The molecule has 1 aromatic rings. The van der Waals surface area contributed by atoms with Crippen LogP contribution in [0.5, 0.6) is 0 Å². The highest BCUT2D eigenvalue weighted by Crippen LogP contribution is 2.41. The van der Waals surface area contributed by atoms with Crippen LogP contribution >= 0.6 is 0 Å². The van der Waals surface area contributed by atoms with E-state index in [0.717, 1.165) is 23.1 Å². The number of benzene rings is 1. The predicted octanol–water partition coefficient (Wildman–Crippen LogP) is 3.66. The number of primary amides is 1. The monoisotopic (exact) mass is 516 g/mol. The molecule has 0 saturated heterocycles. The van der Waals surface area contributed by atoms with Crippen LogP contribution in [0.4, 0.5) is 4.79 Å². The van der Waals surface area contributed by atoms with Crippen LogP contribution in [0.25, 0.3) is 0 Å². The summed E-state index contributed by atoms with van der Waals surface area (Å²) in [5, 5.41) is 5.67. The zero-order valence-corrected chi connectivity index (χ0v) is 23.7. The van der Waals surface area contributed by atoms with Crippen molar-refractivity contribution in [3.8, 4) is 0 Å². The molecule has 9 nitrogen and oxygen atoms in total. The molecule has 0 aromatic heterocycles. The number of hydrogen-bond donors (Lipinski definition) is 3. The molecule has 37 heavy (non-hydrogen) atoms. The standard InChI is InChI=1S/C28H44N4O5/c1-16-10-11-17(2)19(14-16)23(24(34)31-27(4,5)6)32(21-15-18(21)3)25(35)20(12-13-22(29)33)30-26(36)37-28(7,8)9/h10-11,14,18,20-21,23H,12-13,15H2,1-9H3,(H2,29,33)(H,30,36)(H,31,34). The number of nitrogens with zero attached hydrogens (tertiary/aromatic N) is 1. The van der Waals surface area contributed by atoms with Gasteiger partial charge < -0.3 is 26.0 Å². The number of nitrogens with two attached hydrogens (primary N) is 1. The molecule has 4 N–H and O–H groups in total. The Morgan fingerprint density at radius 2 is 1.70 bits per heavy atom. The van der Waals surface area contributed by atoms with Crippen molar-refractivity contribution in [3.05, 3.63) is 34.9 Å². The minimum atomic E-state index is -1.09. The van der Waals surface area contributed by atoms with Gasteiger partial charge in [-0.25, -0.2) is 4.79 Å². The molecule has 2 rings (SSSR count). The summed E-state index contributed by atoms with van der Waals surface area (Å²) in [6, 6.07) is 3.62. The summed E-state index contributed by atoms with van der Waals surface area (Å²) in [5.41, 5.74) is 6.63. The van der Waals surface area contributed by atoms with Gasteiger partial charge in [-0.3, -0.25) is 14.4 Å². The Labute approximate surface area is 220 Å². The van der Waals surface area contributed by atoms with Gasteiger partial charge in [0.2, 0.25) is 17.7 Å². The minimum absolute atomic E-state index is 0.00851. The number of carbonyl (C=O) groups excluding carboxylic acids is 4. The van der Waals surface area contributed by atoms with Crippen LogP contribution in [0.15, 0.2) is 18.2 Å². The summed E-state index contributed by atoms with van der Waals surface area (Å²) in [4.78, 5) is 53.8. The molecule has 1 fully saturated rings. The second-order valence-electron chi connectivity index (χ2n) is 12.2. The molecule has 0 radical (unpaired) electrons. The number of alkyl carbamates (subject to hydrolysis) is 1. The highest BCUT2D eigenvalue weighted by Gasteiger charge is 2.48. The molecular formula is C28H44N4O5. The molecule has 1 aliphatic carbocycles. The summed E-state index contributed by atoms with van der Waals surface area (Å²) < 4.78 is 5.38. The molecule has 0 bridgehead atoms. The lowest BCUT2D eigenvalue weighted by Gasteiger charge is -2.37. The van der Waals surface area contributed by atoms with Gasteiger partial charge in [0.05, 0.1) is 0 Å². The fourth-order valence-corrected chi connectivity index (χ4v) is 4.26. The molecule has 0 spiro atoms. The van der Waals surface area contributed by atoms with Crippen LogP contribution in [0.2, 0.25) is 0 Å². The van der Waals surface area contributed by atoms with Gasteiger partial charge in [-0.1, -0.05) is 30.7 Å². The van der Waals surface area contributed by atoms with E-state index in [9.17, 15) is 19.2 Å². The Balaban J connectivity index is 2.57. The molecule has 1 aromatic carbocycles. The first-order chi connectivity index (χ1) is 16.9. The van der Waals surface area contributed by atoms with Crippen LogP contribution in [-0.4, -0.2) is 51.9 Å². The van der Waals surface area contributed by atoms with Crippen molar-refractivity contribution in [2.24, 2.45) is 11.7 Å². The van der Waals surface area contributed by atoms with E-state index in [-0.39, 0.29) is 30.7 Å². The molecule has 4 atom stereocenters. The topological polar surface area (TPSA) is 131 Å². The number of hydrogen-bond acceptors (Lipinski definition) is 5. The van der Waals surface area contributed by atoms with Crippen LogP contribution < -0.4 is 16.4 Å². The van der Waals surface area contributed by atoms with Crippen LogP contribution in [0.1, 0.15) is 90.5 Å². The molecule has 4 amide bonds. The van der Waals surface area contributed by atoms with Crippen molar-refractivity contribution in [2.45, 2.75) is 111 Å². The van der Waals surface area contributed by atoms with E-state index in [2.05, 4.69) is 10.6 Å². The van der Waals surface area contributed by atoms with E-state index in [1.165, 1.54) is 0 Å². The molecular weight excluding hydrogens is 472 g/mol. The molecule has 0 heterocycles. The van der Waals surface area contributed by atoms with Gasteiger partial charge in [0, 0.05) is 18.0 Å². The molecule has 1 aliphatic rings. The fourth-order valence-electron chi connectivity index (χ4n) is 4.26. The van der Waals surface area contributed by atoms with Gasteiger partial charge in [-0.15, -0.1) is 0 Å². The van der Waals surface area contributed by atoms with E-state index in [4.69, 9.17) is 10.5 Å². The Bertz CT molecular complexity index is 1020. The minimum Gasteiger partial charge on any atom is -0.444 e. The average Bonchev–Trinajstić information content (AvgIpc) is 3.43. The van der Waals surface area contributed by atoms with E-state index in [1.54, 1.807) is 25.7 Å². The number of aryl methyl sites for hydroxylation is 2. The van der Waals surface area contributed by atoms with Crippen molar-refractivity contribution in [1.82, 2.24) is 15.5 Å².